The predicted molar refractivity (Wildman–Crippen MR) is 51.1 cm³/mol. The van der Waals surface area contributed by atoms with Crippen molar-refractivity contribution in [3.8, 4) is 0 Å². The molecule has 1 saturated carbocycles. The lowest BCUT2D eigenvalue weighted by Crippen LogP contribution is -2.51. The van der Waals surface area contributed by atoms with Gasteiger partial charge in [0, 0.05) is 6.04 Å². The van der Waals surface area contributed by atoms with Crippen molar-refractivity contribution in [1.82, 2.24) is 5.32 Å². The van der Waals surface area contributed by atoms with Gasteiger partial charge in [-0.25, -0.2) is 0 Å². The van der Waals surface area contributed by atoms with E-state index in [0.717, 1.165) is 38.9 Å². The van der Waals surface area contributed by atoms with Gasteiger partial charge in [0.05, 0.1) is 25.2 Å². The highest BCUT2D eigenvalue weighted by atomic mass is 16.5. The van der Waals surface area contributed by atoms with Crippen LogP contribution in [0.25, 0.3) is 0 Å². The quantitative estimate of drug-likeness (QED) is 0.699. The highest BCUT2D eigenvalue weighted by Gasteiger charge is 2.29. The summed E-state index contributed by atoms with van der Waals surface area (Å²) in [6.07, 6.45) is 3.77. The van der Waals surface area contributed by atoms with Gasteiger partial charge in [0.1, 0.15) is 0 Å². The minimum absolute atomic E-state index is 0.137. The number of carboxylic acids is 1. The van der Waals surface area contributed by atoms with E-state index in [1.807, 2.05) is 0 Å². The Labute approximate surface area is 83.6 Å². The van der Waals surface area contributed by atoms with Crippen LogP contribution in [0.15, 0.2) is 0 Å². The van der Waals surface area contributed by atoms with Gasteiger partial charge < -0.3 is 15.2 Å². The van der Waals surface area contributed by atoms with Crippen molar-refractivity contribution in [2.24, 2.45) is 5.92 Å². The molecule has 0 bridgehead atoms. The summed E-state index contributed by atoms with van der Waals surface area (Å²) in [4.78, 5) is 10.8. The SMILES string of the molecule is O=C(O)C1CCCC(NC2COC2)C1. The first-order valence-electron chi connectivity index (χ1n) is 5.32. The summed E-state index contributed by atoms with van der Waals surface area (Å²) in [5, 5.41) is 12.4. The van der Waals surface area contributed by atoms with E-state index in [1.54, 1.807) is 0 Å². The van der Waals surface area contributed by atoms with E-state index in [9.17, 15) is 4.79 Å². The molecule has 0 radical (unpaired) electrons. The summed E-state index contributed by atoms with van der Waals surface area (Å²) in [7, 11) is 0. The molecule has 2 rings (SSSR count). The molecule has 1 aliphatic heterocycles. The third-order valence-electron chi connectivity index (χ3n) is 3.13. The van der Waals surface area contributed by atoms with Gasteiger partial charge in [-0.05, 0) is 19.3 Å². The average molecular weight is 199 g/mol. The smallest absolute Gasteiger partial charge is 0.306 e. The molecule has 0 aromatic carbocycles. The van der Waals surface area contributed by atoms with Crippen LogP contribution in [-0.2, 0) is 9.53 Å². The van der Waals surface area contributed by atoms with Crippen LogP contribution in [0, 0.1) is 5.92 Å². The van der Waals surface area contributed by atoms with Crippen LogP contribution in [0.1, 0.15) is 25.7 Å². The molecule has 2 N–H and O–H groups in total. The monoisotopic (exact) mass is 199 g/mol. The molecule has 0 aromatic heterocycles. The van der Waals surface area contributed by atoms with Crippen LogP contribution >= 0.6 is 0 Å². The molecule has 1 heterocycles. The number of rotatable bonds is 3. The van der Waals surface area contributed by atoms with E-state index >= 15 is 0 Å². The van der Waals surface area contributed by atoms with Crippen LogP contribution in [0.5, 0.6) is 0 Å². The molecule has 4 nitrogen and oxygen atoms in total. The maximum atomic E-state index is 10.8. The molecule has 2 atom stereocenters. The summed E-state index contributed by atoms with van der Waals surface area (Å²) < 4.78 is 5.07. The Morgan fingerprint density at radius 3 is 2.64 bits per heavy atom. The topological polar surface area (TPSA) is 58.6 Å². The highest BCUT2D eigenvalue weighted by molar-refractivity contribution is 5.70. The molecule has 1 aliphatic carbocycles. The van der Waals surface area contributed by atoms with Gasteiger partial charge in [0.2, 0.25) is 0 Å². The fourth-order valence-corrected chi connectivity index (χ4v) is 2.23. The van der Waals surface area contributed by atoms with Crippen molar-refractivity contribution in [3.63, 3.8) is 0 Å². The van der Waals surface area contributed by atoms with E-state index in [1.165, 1.54) is 0 Å². The molecule has 2 aliphatic rings. The second-order valence-electron chi connectivity index (χ2n) is 4.30. The van der Waals surface area contributed by atoms with Gasteiger partial charge in [0.25, 0.3) is 0 Å². The first-order valence-corrected chi connectivity index (χ1v) is 5.32. The number of hydrogen-bond acceptors (Lipinski definition) is 3. The Morgan fingerprint density at radius 2 is 2.07 bits per heavy atom. The summed E-state index contributed by atoms with van der Waals surface area (Å²) in [5.74, 6) is -0.774. The number of aliphatic carboxylic acids is 1. The first-order chi connectivity index (χ1) is 6.75. The summed E-state index contributed by atoms with van der Waals surface area (Å²) in [6, 6.07) is 0.853. The molecular weight excluding hydrogens is 182 g/mol. The third-order valence-corrected chi connectivity index (χ3v) is 3.13. The van der Waals surface area contributed by atoms with Gasteiger partial charge in [-0.3, -0.25) is 4.79 Å². The van der Waals surface area contributed by atoms with Crippen LogP contribution < -0.4 is 5.32 Å². The van der Waals surface area contributed by atoms with Crippen LogP contribution in [0.2, 0.25) is 0 Å². The molecule has 2 unspecified atom stereocenters. The molecule has 0 spiro atoms. The van der Waals surface area contributed by atoms with Crippen molar-refractivity contribution in [2.75, 3.05) is 13.2 Å². The standard InChI is InChI=1S/C10H17NO3/c12-10(13)7-2-1-3-8(4-7)11-9-5-14-6-9/h7-9,11H,1-6H2,(H,12,13). The summed E-state index contributed by atoms with van der Waals surface area (Å²) in [6.45, 7) is 1.57. The lowest BCUT2D eigenvalue weighted by molar-refractivity contribution is -0.143. The van der Waals surface area contributed by atoms with E-state index < -0.39 is 5.97 Å². The van der Waals surface area contributed by atoms with Gasteiger partial charge in [-0.15, -0.1) is 0 Å². The van der Waals surface area contributed by atoms with Crippen LogP contribution in [0.4, 0.5) is 0 Å². The molecule has 0 amide bonds. The summed E-state index contributed by atoms with van der Waals surface area (Å²) in [5.41, 5.74) is 0. The van der Waals surface area contributed by atoms with Crippen molar-refractivity contribution < 1.29 is 14.6 Å². The van der Waals surface area contributed by atoms with Crippen molar-refractivity contribution in [1.29, 1.82) is 0 Å². The van der Waals surface area contributed by atoms with E-state index in [-0.39, 0.29) is 5.92 Å². The van der Waals surface area contributed by atoms with Crippen molar-refractivity contribution in [3.05, 3.63) is 0 Å². The minimum atomic E-state index is -0.638. The number of nitrogens with one attached hydrogen (secondary N) is 1. The maximum absolute atomic E-state index is 10.8. The lowest BCUT2D eigenvalue weighted by Gasteiger charge is -2.34. The number of hydrogen-bond donors (Lipinski definition) is 2. The molecule has 4 heteroatoms. The number of carbonyl (C=O) groups is 1. The number of ether oxygens (including phenoxy) is 1. The van der Waals surface area contributed by atoms with Crippen molar-refractivity contribution >= 4 is 5.97 Å². The second-order valence-corrected chi connectivity index (χ2v) is 4.30. The third kappa shape index (κ3) is 2.25. The molecular formula is C10H17NO3. The Hall–Kier alpha value is -0.610. The number of carboxylic acid groups (broad SMARTS) is 1. The minimum Gasteiger partial charge on any atom is -0.481 e. The fourth-order valence-electron chi connectivity index (χ4n) is 2.23. The highest BCUT2D eigenvalue weighted by Crippen LogP contribution is 2.25. The molecule has 2 fully saturated rings. The zero-order chi connectivity index (χ0) is 9.97. The molecule has 14 heavy (non-hydrogen) atoms. The van der Waals surface area contributed by atoms with Gasteiger partial charge >= 0.3 is 5.97 Å². The normalized spacial score (nSPS) is 33.7. The molecule has 1 saturated heterocycles. The van der Waals surface area contributed by atoms with Gasteiger partial charge in [0.15, 0.2) is 0 Å². The second kappa shape index (κ2) is 4.28. The zero-order valence-electron chi connectivity index (χ0n) is 8.24. The van der Waals surface area contributed by atoms with E-state index in [2.05, 4.69) is 5.32 Å². The summed E-state index contributed by atoms with van der Waals surface area (Å²) >= 11 is 0. The molecule has 80 valence electrons. The zero-order valence-corrected chi connectivity index (χ0v) is 8.24. The van der Waals surface area contributed by atoms with Gasteiger partial charge in [-0.1, -0.05) is 6.42 Å². The maximum Gasteiger partial charge on any atom is 0.306 e. The fraction of sp³-hybridized carbons (Fsp3) is 0.900. The Morgan fingerprint density at radius 1 is 1.29 bits per heavy atom. The van der Waals surface area contributed by atoms with E-state index in [0.29, 0.717) is 12.1 Å². The van der Waals surface area contributed by atoms with Crippen molar-refractivity contribution in [2.45, 2.75) is 37.8 Å². The Kier molecular flexibility index (Phi) is 3.03. The Bertz CT molecular complexity index is 215. The predicted octanol–water partition coefficient (Wildman–Crippen LogP) is 0.618. The van der Waals surface area contributed by atoms with Gasteiger partial charge in [-0.2, -0.15) is 0 Å². The van der Waals surface area contributed by atoms with E-state index in [4.69, 9.17) is 9.84 Å². The van der Waals surface area contributed by atoms with Crippen LogP contribution in [0.3, 0.4) is 0 Å². The molecule has 0 aromatic rings. The average Bonchev–Trinajstić information content (AvgIpc) is 2.12. The Balaban J connectivity index is 1.78. The lowest BCUT2D eigenvalue weighted by atomic mass is 9.85. The first kappa shape index (κ1) is 9.93. The largest absolute Gasteiger partial charge is 0.481 e. The van der Waals surface area contributed by atoms with Crippen LogP contribution in [-0.4, -0.2) is 36.4 Å².